The molecule has 6 aromatic carbocycles. The van der Waals surface area contributed by atoms with Crippen molar-refractivity contribution in [1.82, 2.24) is 31.9 Å². The fraction of sp³-hybridized carbons (Fsp3) is 0.271. The average molecular weight is 1110 g/mol. The molecule has 0 atom stereocenters. The van der Waals surface area contributed by atoms with Crippen molar-refractivity contribution in [2.24, 2.45) is 0 Å². The molecule has 0 fully saturated rings. The van der Waals surface area contributed by atoms with Crippen molar-refractivity contribution >= 4 is 70.2 Å². The number of benzene rings is 6. The van der Waals surface area contributed by atoms with Crippen LogP contribution in [0.4, 0.5) is 4.39 Å². The van der Waals surface area contributed by atoms with Gasteiger partial charge < -0.3 is 31.9 Å². The molecule has 0 aliphatic heterocycles. The number of carbonyl (C=O) groups excluding carboxylic acids is 6. The molecular weight excluding hydrogens is 1030 g/mol. The first-order chi connectivity index (χ1) is 34.1. The standard InChI is InChI=1S/C10H10N2O.C10H13NO.C9H10ClNO.C9H10FNO.C9H11NO.C8H7Cl2NO.4CH4/c1-7-3-4-8(6-11)9(5-7)10(13)12-2;1-7-4-5-8(2)9(6-7)10(12)11-3;2*1-6-4-3-5-7(10)8(6)9(12)11-2;1-7-4-3-5-8(6-7)9(11)10-2;1-11-8(12)7-5(9)3-2-4-6(7)10;;;;/h3-5H,1-2H3,(H,12,13);4-6H,1-3H3,(H,11,12);2*3-5H,1-2H3,(H,11,12);3-6H,1-2H3,(H,10,11);2-4H,1H3,(H,11,12);4*1H4. The van der Waals surface area contributed by atoms with Crippen LogP contribution in [0.15, 0.2) is 115 Å². The molecule has 6 N–H and O–H groups in total. The Morgan fingerprint density at radius 3 is 1.22 bits per heavy atom. The highest BCUT2D eigenvalue weighted by molar-refractivity contribution is 6.39. The number of halogens is 4. The maximum atomic E-state index is 13.0. The summed E-state index contributed by atoms with van der Waals surface area (Å²) >= 11 is 17.4. The first-order valence-electron chi connectivity index (χ1n) is 22.0. The third kappa shape index (κ3) is 24.2. The number of hydrogen-bond acceptors (Lipinski definition) is 7. The molecule has 0 aromatic heterocycles. The predicted octanol–water partition coefficient (Wildman–Crippen LogP) is 12.6. The molecule has 13 nitrogen and oxygen atoms in total. The number of aryl methyl sites for hydroxylation is 6. The van der Waals surface area contributed by atoms with Gasteiger partial charge in [-0.15, -0.1) is 0 Å². The fourth-order valence-corrected chi connectivity index (χ4v) is 6.93. The monoisotopic (exact) mass is 1100 g/mol. The van der Waals surface area contributed by atoms with Crippen LogP contribution in [0.2, 0.25) is 15.1 Å². The maximum Gasteiger partial charge on any atom is 0.254 e. The molecule has 6 aromatic rings. The summed E-state index contributed by atoms with van der Waals surface area (Å²) in [5.41, 5.74) is 9.06. The minimum atomic E-state index is -0.477. The summed E-state index contributed by atoms with van der Waals surface area (Å²) in [6.07, 6.45) is 0. The highest BCUT2D eigenvalue weighted by Crippen LogP contribution is 2.24. The molecule has 0 aliphatic rings. The molecule has 76 heavy (non-hydrogen) atoms. The van der Waals surface area contributed by atoms with Crippen LogP contribution >= 0.6 is 34.8 Å². The molecule has 0 unspecified atom stereocenters. The van der Waals surface area contributed by atoms with Gasteiger partial charge in [0, 0.05) is 53.4 Å². The van der Waals surface area contributed by atoms with Crippen molar-refractivity contribution in [2.45, 2.75) is 71.2 Å². The number of nitrogens with zero attached hydrogens (tertiary/aromatic N) is 1. The SMILES string of the molecule is C.C.C.C.CNC(=O)c1c(C)cccc1Cl.CNC(=O)c1c(C)cccc1F.CNC(=O)c1c(Cl)cccc1Cl.CNC(=O)c1cc(C)ccc1C.CNC(=O)c1cc(C)ccc1C#N.CNC(=O)c1cccc(C)c1. The number of hydrogen-bond donors (Lipinski definition) is 6. The zero-order valence-electron chi connectivity index (χ0n) is 42.4. The Morgan fingerprint density at radius 1 is 0.408 bits per heavy atom. The largest absolute Gasteiger partial charge is 0.355 e. The van der Waals surface area contributed by atoms with Crippen LogP contribution < -0.4 is 31.9 Å². The maximum absolute atomic E-state index is 13.0. The quantitative estimate of drug-likeness (QED) is 0.0953. The van der Waals surface area contributed by atoms with Crippen molar-refractivity contribution in [2.75, 3.05) is 42.3 Å². The van der Waals surface area contributed by atoms with Gasteiger partial charge in [0.2, 0.25) is 0 Å². The van der Waals surface area contributed by atoms with E-state index in [4.69, 9.17) is 40.1 Å². The predicted molar refractivity (Wildman–Crippen MR) is 314 cm³/mol. The zero-order valence-corrected chi connectivity index (χ0v) is 44.6. The Balaban J connectivity index is -0.000000405. The highest BCUT2D eigenvalue weighted by atomic mass is 35.5. The number of amides is 6. The Hall–Kier alpha value is -7.57. The van der Waals surface area contributed by atoms with Crippen molar-refractivity contribution in [3.8, 4) is 6.07 Å². The molecule has 6 rings (SSSR count). The molecule has 0 spiro atoms. The van der Waals surface area contributed by atoms with Crippen LogP contribution in [0, 0.1) is 58.7 Å². The molecular formula is C59H77Cl3FN7O6. The summed E-state index contributed by atoms with van der Waals surface area (Å²) in [7, 11) is 9.42. The van der Waals surface area contributed by atoms with E-state index in [0.717, 1.165) is 33.4 Å². The Labute approximate surface area is 466 Å². The summed E-state index contributed by atoms with van der Waals surface area (Å²) in [6, 6.07) is 35.4. The molecule has 0 radical (unpaired) electrons. The fourth-order valence-electron chi connectivity index (χ4n) is 6.05. The number of nitriles is 1. The second-order valence-corrected chi connectivity index (χ2v) is 16.5. The Kier molecular flexibility index (Phi) is 38.4. The zero-order chi connectivity index (χ0) is 54.7. The van der Waals surface area contributed by atoms with E-state index in [1.807, 2.05) is 95.3 Å². The third-order valence-electron chi connectivity index (χ3n) is 9.91. The molecule has 0 saturated heterocycles. The minimum absolute atomic E-state index is 0. The third-order valence-corrected chi connectivity index (χ3v) is 10.9. The van der Waals surface area contributed by atoms with Crippen LogP contribution in [-0.2, 0) is 0 Å². The average Bonchev–Trinajstić information content (AvgIpc) is 3.36. The van der Waals surface area contributed by atoms with E-state index in [0.29, 0.717) is 48.4 Å². The lowest BCUT2D eigenvalue weighted by Gasteiger charge is -2.05. The number of nitrogens with one attached hydrogen (secondary N) is 6. The minimum Gasteiger partial charge on any atom is -0.355 e. The summed E-state index contributed by atoms with van der Waals surface area (Å²) in [6.45, 7) is 11.3. The van der Waals surface area contributed by atoms with E-state index >= 15 is 0 Å². The molecule has 6 amide bonds. The van der Waals surface area contributed by atoms with Gasteiger partial charge in [-0.05, 0) is 113 Å². The summed E-state index contributed by atoms with van der Waals surface area (Å²) in [4.78, 5) is 67.2. The summed E-state index contributed by atoms with van der Waals surface area (Å²) in [5.74, 6) is -1.55. The first kappa shape index (κ1) is 75.0. The molecule has 0 bridgehead atoms. The number of rotatable bonds is 6. The van der Waals surface area contributed by atoms with Gasteiger partial charge >= 0.3 is 0 Å². The van der Waals surface area contributed by atoms with E-state index in [1.165, 1.54) is 20.2 Å². The lowest BCUT2D eigenvalue weighted by Crippen LogP contribution is -2.20. The van der Waals surface area contributed by atoms with Gasteiger partial charge in [0.15, 0.2) is 0 Å². The molecule has 412 valence electrons. The van der Waals surface area contributed by atoms with E-state index in [-0.39, 0.29) is 70.7 Å². The van der Waals surface area contributed by atoms with Gasteiger partial charge in [-0.25, -0.2) is 4.39 Å². The van der Waals surface area contributed by atoms with Crippen LogP contribution in [0.25, 0.3) is 0 Å². The van der Waals surface area contributed by atoms with Gasteiger partial charge in [-0.1, -0.05) is 142 Å². The van der Waals surface area contributed by atoms with Gasteiger partial charge in [-0.2, -0.15) is 5.26 Å². The molecule has 0 aliphatic carbocycles. The molecule has 0 heterocycles. The van der Waals surface area contributed by atoms with Crippen LogP contribution in [0.3, 0.4) is 0 Å². The lowest BCUT2D eigenvalue weighted by atomic mass is 10.1. The van der Waals surface area contributed by atoms with Crippen LogP contribution in [0.1, 0.15) is 131 Å². The van der Waals surface area contributed by atoms with Crippen molar-refractivity contribution < 1.29 is 33.2 Å². The van der Waals surface area contributed by atoms with E-state index in [9.17, 15) is 33.2 Å². The van der Waals surface area contributed by atoms with Crippen molar-refractivity contribution in [3.05, 3.63) is 208 Å². The summed E-state index contributed by atoms with van der Waals surface area (Å²) < 4.78 is 13.0. The van der Waals surface area contributed by atoms with Gasteiger partial charge in [-0.3, -0.25) is 28.8 Å². The van der Waals surface area contributed by atoms with E-state index < -0.39 is 5.82 Å². The normalized spacial score (nSPS) is 8.93. The summed E-state index contributed by atoms with van der Waals surface area (Å²) in [5, 5.41) is 25.0. The van der Waals surface area contributed by atoms with E-state index in [1.54, 1.807) is 89.7 Å². The van der Waals surface area contributed by atoms with Gasteiger partial charge in [0.25, 0.3) is 35.4 Å². The lowest BCUT2D eigenvalue weighted by molar-refractivity contribution is 0.0950. The first-order valence-corrected chi connectivity index (χ1v) is 23.1. The van der Waals surface area contributed by atoms with Crippen LogP contribution in [-0.4, -0.2) is 77.7 Å². The van der Waals surface area contributed by atoms with Gasteiger partial charge in [0.05, 0.1) is 49.0 Å². The Bertz CT molecular complexity index is 2680. The smallest absolute Gasteiger partial charge is 0.254 e. The molecule has 17 heteroatoms. The molecule has 0 saturated carbocycles. The Morgan fingerprint density at radius 2 is 0.776 bits per heavy atom. The van der Waals surface area contributed by atoms with E-state index in [2.05, 4.69) is 31.9 Å². The number of carbonyl (C=O) groups is 6. The second-order valence-electron chi connectivity index (χ2n) is 15.3. The van der Waals surface area contributed by atoms with Crippen LogP contribution in [0.5, 0.6) is 0 Å². The highest BCUT2D eigenvalue weighted by Gasteiger charge is 2.14. The topological polar surface area (TPSA) is 198 Å². The van der Waals surface area contributed by atoms with Gasteiger partial charge in [0.1, 0.15) is 5.82 Å². The second kappa shape index (κ2) is 38.9. The van der Waals surface area contributed by atoms with Crippen molar-refractivity contribution in [1.29, 1.82) is 5.26 Å². The van der Waals surface area contributed by atoms with Crippen molar-refractivity contribution in [3.63, 3.8) is 0 Å².